The van der Waals surface area contributed by atoms with E-state index in [4.69, 9.17) is 9.47 Å². The second-order valence-electron chi connectivity index (χ2n) is 4.42. The number of aliphatic hydroxyl groups is 1. The summed E-state index contributed by atoms with van der Waals surface area (Å²) in [7, 11) is 0. The maximum atomic E-state index is 9.53. The second kappa shape index (κ2) is 5.75. The molecule has 0 saturated carbocycles. The molecule has 0 bridgehead atoms. The lowest BCUT2D eigenvalue weighted by Gasteiger charge is -2.18. The highest BCUT2D eigenvalue weighted by Gasteiger charge is 2.13. The summed E-state index contributed by atoms with van der Waals surface area (Å²) < 4.78 is 10.9. The molecule has 0 heterocycles. The normalized spacial score (nSPS) is 11.2. The van der Waals surface area contributed by atoms with Crippen molar-refractivity contribution in [2.45, 2.75) is 32.8 Å². The summed E-state index contributed by atoms with van der Waals surface area (Å²) in [5, 5.41) is 9.53. The van der Waals surface area contributed by atoms with Crippen molar-refractivity contribution in [2.24, 2.45) is 0 Å². The summed E-state index contributed by atoms with van der Waals surface area (Å²) in [6.45, 7) is 6.46. The lowest BCUT2D eigenvalue weighted by Crippen LogP contribution is -2.27. The first kappa shape index (κ1) is 12.8. The van der Waals surface area contributed by atoms with Gasteiger partial charge in [-0.3, -0.25) is 0 Å². The number of benzene rings is 1. The fourth-order valence-electron chi connectivity index (χ4n) is 1.13. The van der Waals surface area contributed by atoms with Crippen LogP contribution in [0, 0.1) is 0 Å². The van der Waals surface area contributed by atoms with Crippen LogP contribution in [0.25, 0.3) is 0 Å². The van der Waals surface area contributed by atoms with Crippen molar-refractivity contribution in [3.05, 3.63) is 24.3 Å². The zero-order valence-corrected chi connectivity index (χ0v) is 10.2. The van der Waals surface area contributed by atoms with Gasteiger partial charge in [-0.25, -0.2) is 0 Å². The second-order valence-corrected chi connectivity index (χ2v) is 4.42. The largest absolute Gasteiger partial charge is 0.493 e. The zero-order valence-electron chi connectivity index (χ0n) is 10.2. The van der Waals surface area contributed by atoms with Crippen molar-refractivity contribution >= 4 is 0 Å². The van der Waals surface area contributed by atoms with Crippen molar-refractivity contribution in [1.29, 1.82) is 0 Å². The van der Waals surface area contributed by atoms with Crippen LogP contribution in [-0.2, 0) is 0 Å². The van der Waals surface area contributed by atoms with Gasteiger partial charge in [0, 0.05) is 6.07 Å². The molecule has 1 rings (SSSR count). The molecule has 1 aromatic carbocycles. The lowest BCUT2D eigenvalue weighted by molar-refractivity contribution is 0.0284. The van der Waals surface area contributed by atoms with Crippen LogP contribution >= 0.6 is 0 Å². The maximum Gasteiger partial charge on any atom is 0.123 e. The van der Waals surface area contributed by atoms with E-state index in [0.717, 1.165) is 17.9 Å². The Morgan fingerprint density at radius 3 is 2.38 bits per heavy atom. The molecule has 3 heteroatoms. The van der Waals surface area contributed by atoms with Crippen LogP contribution in [0.15, 0.2) is 24.3 Å². The lowest BCUT2D eigenvalue weighted by atomic mass is 10.2. The third-order valence-electron chi connectivity index (χ3n) is 1.87. The van der Waals surface area contributed by atoms with E-state index in [1.54, 1.807) is 13.8 Å². The molecule has 0 fully saturated rings. The molecule has 0 aliphatic heterocycles. The van der Waals surface area contributed by atoms with Gasteiger partial charge < -0.3 is 14.6 Å². The molecular weight excluding hydrogens is 204 g/mol. The molecule has 0 amide bonds. The molecular formula is C13H20O3. The van der Waals surface area contributed by atoms with Gasteiger partial charge in [0.2, 0.25) is 0 Å². The van der Waals surface area contributed by atoms with Crippen LogP contribution in [0.3, 0.4) is 0 Å². The van der Waals surface area contributed by atoms with Gasteiger partial charge in [0.25, 0.3) is 0 Å². The molecule has 3 nitrogen and oxygen atoms in total. The van der Waals surface area contributed by atoms with Gasteiger partial charge in [0.05, 0.1) is 12.2 Å². The van der Waals surface area contributed by atoms with Gasteiger partial charge in [-0.2, -0.15) is 0 Å². The molecule has 16 heavy (non-hydrogen) atoms. The predicted octanol–water partition coefficient (Wildman–Crippen LogP) is 2.63. The summed E-state index contributed by atoms with van der Waals surface area (Å²) in [5.74, 6) is 1.52. The van der Waals surface area contributed by atoms with Gasteiger partial charge in [-0.15, -0.1) is 0 Å². The average molecular weight is 224 g/mol. The summed E-state index contributed by atoms with van der Waals surface area (Å²) in [4.78, 5) is 0. The van der Waals surface area contributed by atoms with Crippen molar-refractivity contribution in [2.75, 3.05) is 13.2 Å². The third-order valence-corrected chi connectivity index (χ3v) is 1.87. The first-order chi connectivity index (χ1) is 7.51. The summed E-state index contributed by atoms with van der Waals surface area (Å²) >= 11 is 0. The Hall–Kier alpha value is -1.22. The Morgan fingerprint density at radius 2 is 1.81 bits per heavy atom. The van der Waals surface area contributed by atoms with Gasteiger partial charge in [-0.1, -0.05) is 13.0 Å². The fourth-order valence-corrected chi connectivity index (χ4v) is 1.13. The molecule has 0 aliphatic carbocycles. The summed E-state index contributed by atoms with van der Waals surface area (Å²) in [6, 6.07) is 7.46. The minimum Gasteiger partial charge on any atom is -0.493 e. The van der Waals surface area contributed by atoms with E-state index in [-0.39, 0.29) is 6.61 Å². The minimum atomic E-state index is -0.819. The molecule has 0 aromatic heterocycles. The number of rotatable bonds is 6. The van der Waals surface area contributed by atoms with Crippen LogP contribution in [0.2, 0.25) is 0 Å². The zero-order chi connectivity index (χ0) is 12.0. The van der Waals surface area contributed by atoms with E-state index in [9.17, 15) is 5.11 Å². The quantitative estimate of drug-likeness (QED) is 0.807. The molecule has 0 atom stereocenters. The van der Waals surface area contributed by atoms with Crippen molar-refractivity contribution in [3.8, 4) is 11.5 Å². The monoisotopic (exact) mass is 224 g/mol. The van der Waals surface area contributed by atoms with E-state index in [2.05, 4.69) is 6.92 Å². The number of hydrogen-bond acceptors (Lipinski definition) is 3. The van der Waals surface area contributed by atoms with E-state index in [1.807, 2.05) is 24.3 Å². The van der Waals surface area contributed by atoms with Crippen molar-refractivity contribution in [3.63, 3.8) is 0 Å². The third kappa shape index (κ3) is 5.03. The van der Waals surface area contributed by atoms with Crippen LogP contribution in [-0.4, -0.2) is 23.9 Å². The van der Waals surface area contributed by atoms with Crippen molar-refractivity contribution in [1.82, 2.24) is 0 Å². The average Bonchev–Trinajstić information content (AvgIpc) is 2.23. The Morgan fingerprint density at radius 1 is 1.19 bits per heavy atom. The smallest absolute Gasteiger partial charge is 0.123 e. The number of ether oxygens (including phenoxy) is 2. The van der Waals surface area contributed by atoms with Crippen LogP contribution in [0.5, 0.6) is 11.5 Å². The Labute approximate surface area is 97.0 Å². The Balaban J connectivity index is 2.53. The first-order valence-corrected chi connectivity index (χ1v) is 5.59. The Kier molecular flexibility index (Phi) is 4.62. The van der Waals surface area contributed by atoms with Gasteiger partial charge >= 0.3 is 0 Å². The molecule has 0 aliphatic rings. The number of hydrogen-bond donors (Lipinski definition) is 1. The molecule has 0 radical (unpaired) electrons. The minimum absolute atomic E-state index is 0.268. The molecule has 1 N–H and O–H groups in total. The van der Waals surface area contributed by atoms with Gasteiger partial charge in [0.15, 0.2) is 0 Å². The topological polar surface area (TPSA) is 38.7 Å². The van der Waals surface area contributed by atoms with E-state index in [1.165, 1.54) is 0 Å². The van der Waals surface area contributed by atoms with Gasteiger partial charge in [0.1, 0.15) is 18.1 Å². The predicted molar refractivity (Wildman–Crippen MR) is 64.0 cm³/mol. The van der Waals surface area contributed by atoms with E-state index >= 15 is 0 Å². The SMILES string of the molecule is CCCOc1cccc(OCC(C)(C)O)c1. The van der Waals surface area contributed by atoms with E-state index < -0.39 is 5.60 Å². The molecule has 1 aromatic rings. The molecule has 0 spiro atoms. The highest BCUT2D eigenvalue weighted by molar-refractivity contribution is 5.32. The Bertz CT molecular complexity index is 315. The van der Waals surface area contributed by atoms with Crippen LogP contribution in [0.4, 0.5) is 0 Å². The maximum absolute atomic E-state index is 9.53. The standard InChI is InChI=1S/C13H20O3/c1-4-8-15-11-6-5-7-12(9-11)16-10-13(2,3)14/h5-7,9,14H,4,8,10H2,1-3H3. The fraction of sp³-hybridized carbons (Fsp3) is 0.538. The van der Waals surface area contributed by atoms with Crippen LogP contribution < -0.4 is 9.47 Å². The molecule has 0 unspecified atom stereocenters. The summed E-state index contributed by atoms with van der Waals surface area (Å²) in [6.07, 6.45) is 0.981. The highest BCUT2D eigenvalue weighted by Crippen LogP contribution is 2.20. The van der Waals surface area contributed by atoms with Crippen molar-refractivity contribution < 1.29 is 14.6 Å². The molecule has 90 valence electrons. The van der Waals surface area contributed by atoms with E-state index in [0.29, 0.717) is 6.61 Å². The molecule has 0 saturated heterocycles. The highest BCUT2D eigenvalue weighted by atomic mass is 16.5. The first-order valence-electron chi connectivity index (χ1n) is 5.59. The summed E-state index contributed by atoms with van der Waals surface area (Å²) in [5.41, 5.74) is -0.819. The van der Waals surface area contributed by atoms with Crippen LogP contribution in [0.1, 0.15) is 27.2 Å². The van der Waals surface area contributed by atoms with Gasteiger partial charge in [-0.05, 0) is 32.4 Å².